The summed E-state index contributed by atoms with van der Waals surface area (Å²) < 4.78 is 11.6. The Balaban J connectivity index is 0.00000289. The molecule has 4 aromatic rings. The van der Waals surface area contributed by atoms with Gasteiger partial charge in [0, 0.05) is 37.7 Å². The lowest BCUT2D eigenvalue weighted by atomic mass is 10.0. The Kier molecular flexibility index (Phi) is 5.99. The molecular weight excluding hydrogens is 426 g/mol. The van der Waals surface area contributed by atoms with Crippen LogP contribution in [0.3, 0.4) is 0 Å². The Hall–Kier alpha value is -4.13. The third-order valence-electron chi connectivity index (χ3n) is 6.03. The summed E-state index contributed by atoms with van der Waals surface area (Å²) in [5.74, 6) is 2.74. The Morgan fingerprint density at radius 3 is 2.76 bits per heavy atom. The van der Waals surface area contributed by atoms with Gasteiger partial charge in [-0.3, -0.25) is 4.98 Å². The van der Waals surface area contributed by atoms with Gasteiger partial charge in [-0.15, -0.1) is 0 Å². The minimum absolute atomic E-state index is 0. The van der Waals surface area contributed by atoms with Crippen molar-refractivity contribution in [2.75, 3.05) is 31.0 Å². The number of benzene rings is 2. The molecule has 1 aliphatic rings. The van der Waals surface area contributed by atoms with E-state index < -0.39 is 0 Å². The van der Waals surface area contributed by atoms with Crippen molar-refractivity contribution < 1.29 is 10.9 Å². The molecule has 2 aromatic carbocycles. The first-order chi connectivity index (χ1) is 16.6. The van der Waals surface area contributed by atoms with E-state index in [1.165, 1.54) is 5.56 Å². The molecule has 3 heterocycles. The second-order valence-corrected chi connectivity index (χ2v) is 8.37. The first-order valence-corrected chi connectivity index (χ1v) is 11.3. The van der Waals surface area contributed by atoms with E-state index in [-0.39, 0.29) is 7.47 Å². The molecule has 7 nitrogen and oxygen atoms in total. The van der Waals surface area contributed by atoms with Crippen molar-refractivity contribution in [3.05, 3.63) is 84.3 Å². The maximum Gasteiger partial charge on any atom is 0.229 e. The van der Waals surface area contributed by atoms with Gasteiger partial charge in [-0.25, -0.2) is 4.98 Å². The van der Waals surface area contributed by atoms with Crippen molar-refractivity contribution in [2.45, 2.75) is 19.4 Å². The number of aromatic nitrogens is 3. The predicted molar refractivity (Wildman–Crippen MR) is 136 cm³/mol. The largest absolute Gasteiger partial charge is 0.496 e. The van der Waals surface area contributed by atoms with E-state index in [0.717, 1.165) is 40.5 Å². The SMILES string of the molecule is COc1cc(Nc2ncc3c(n2)N(C)C(Cc2ccccc2)CO3)ccc1-c1ccnc(C)c1.[HH]. The standard InChI is InChI=1S/C27H27N5O2.H2/c1-18-13-20(11-12-28-18)23-10-9-21(15-24(23)33-3)30-27-29-16-25-26(31-27)32(2)22(17-34-25)14-19-7-5-4-6-8-19;/h4-13,15-16,22H,14,17H2,1-3H3,(H,29,30,31);1H. The third-order valence-corrected chi connectivity index (χ3v) is 6.03. The fraction of sp³-hybridized carbons (Fsp3) is 0.222. The van der Waals surface area contributed by atoms with Gasteiger partial charge in [-0.2, -0.15) is 4.98 Å². The molecule has 0 bridgehead atoms. The van der Waals surface area contributed by atoms with Crippen LogP contribution >= 0.6 is 0 Å². The summed E-state index contributed by atoms with van der Waals surface area (Å²) in [6.45, 7) is 2.58. The molecular formula is C27H29N5O2. The Morgan fingerprint density at radius 2 is 1.97 bits per heavy atom. The average Bonchev–Trinajstić information content (AvgIpc) is 2.86. The van der Waals surface area contributed by atoms with E-state index in [0.29, 0.717) is 18.3 Å². The summed E-state index contributed by atoms with van der Waals surface area (Å²) in [5, 5.41) is 3.31. The zero-order valence-corrected chi connectivity index (χ0v) is 19.5. The molecule has 0 spiro atoms. The van der Waals surface area contributed by atoms with Gasteiger partial charge in [0.2, 0.25) is 5.95 Å². The van der Waals surface area contributed by atoms with E-state index in [1.807, 2.05) is 43.3 Å². The molecule has 0 fully saturated rings. The van der Waals surface area contributed by atoms with E-state index in [2.05, 4.69) is 51.5 Å². The summed E-state index contributed by atoms with van der Waals surface area (Å²) in [6, 6.07) is 20.6. The number of methoxy groups -OCH3 is 1. The quantitative estimate of drug-likeness (QED) is 0.424. The maximum absolute atomic E-state index is 5.98. The van der Waals surface area contributed by atoms with Crippen LogP contribution in [-0.2, 0) is 6.42 Å². The van der Waals surface area contributed by atoms with E-state index >= 15 is 0 Å². The molecule has 0 saturated heterocycles. The van der Waals surface area contributed by atoms with Crippen LogP contribution < -0.4 is 19.7 Å². The number of hydrogen-bond donors (Lipinski definition) is 1. The van der Waals surface area contributed by atoms with Crippen molar-refractivity contribution in [1.82, 2.24) is 15.0 Å². The summed E-state index contributed by atoms with van der Waals surface area (Å²) in [6.07, 6.45) is 4.42. The molecule has 5 rings (SSSR count). The molecule has 1 N–H and O–H groups in total. The van der Waals surface area contributed by atoms with E-state index in [9.17, 15) is 0 Å². The first-order valence-electron chi connectivity index (χ1n) is 11.3. The fourth-order valence-electron chi connectivity index (χ4n) is 4.18. The molecule has 7 heteroatoms. The molecule has 0 aliphatic carbocycles. The number of fused-ring (bicyclic) bond motifs is 1. The number of anilines is 3. The molecule has 1 atom stereocenters. The zero-order chi connectivity index (χ0) is 23.5. The van der Waals surface area contributed by atoms with Crippen LogP contribution in [0.1, 0.15) is 12.7 Å². The van der Waals surface area contributed by atoms with Gasteiger partial charge in [0.1, 0.15) is 12.4 Å². The van der Waals surface area contributed by atoms with E-state index in [1.54, 1.807) is 19.5 Å². The van der Waals surface area contributed by atoms with Crippen molar-refractivity contribution in [3.63, 3.8) is 0 Å². The van der Waals surface area contributed by atoms with Crippen LogP contribution in [0.15, 0.2) is 73.1 Å². The molecule has 1 unspecified atom stereocenters. The van der Waals surface area contributed by atoms with Gasteiger partial charge in [0.25, 0.3) is 0 Å². The lowest BCUT2D eigenvalue weighted by Gasteiger charge is -2.34. The van der Waals surface area contributed by atoms with Crippen molar-refractivity contribution in [2.24, 2.45) is 0 Å². The highest BCUT2D eigenvalue weighted by molar-refractivity contribution is 5.74. The number of hydrogen-bond acceptors (Lipinski definition) is 7. The zero-order valence-electron chi connectivity index (χ0n) is 19.5. The summed E-state index contributed by atoms with van der Waals surface area (Å²) in [5.41, 5.74) is 5.13. The predicted octanol–water partition coefficient (Wildman–Crippen LogP) is 5.29. The van der Waals surface area contributed by atoms with Gasteiger partial charge in [0.05, 0.1) is 19.3 Å². The fourth-order valence-corrected chi connectivity index (χ4v) is 4.18. The summed E-state index contributed by atoms with van der Waals surface area (Å²) >= 11 is 0. The second-order valence-electron chi connectivity index (χ2n) is 8.37. The third kappa shape index (κ3) is 4.50. The summed E-state index contributed by atoms with van der Waals surface area (Å²) in [7, 11) is 3.73. The van der Waals surface area contributed by atoms with Crippen molar-refractivity contribution in [1.29, 1.82) is 0 Å². The Bertz CT molecular complexity index is 1300. The van der Waals surface area contributed by atoms with Crippen molar-refractivity contribution >= 4 is 17.5 Å². The molecule has 34 heavy (non-hydrogen) atoms. The van der Waals surface area contributed by atoms with Crippen LogP contribution in [0.4, 0.5) is 17.5 Å². The number of nitrogens with one attached hydrogen (secondary N) is 1. The molecule has 174 valence electrons. The lowest BCUT2D eigenvalue weighted by Crippen LogP contribution is -2.42. The molecule has 1 aliphatic heterocycles. The monoisotopic (exact) mass is 455 g/mol. The second kappa shape index (κ2) is 9.39. The maximum atomic E-state index is 5.98. The highest BCUT2D eigenvalue weighted by Crippen LogP contribution is 2.35. The number of nitrogens with zero attached hydrogens (tertiary/aromatic N) is 4. The number of rotatable bonds is 6. The Morgan fingerprint density at radius 1 is 1.12 bits per heavy atom. The Labute approximate surface area is 200 Å². The van der Waals surface area contributed by atoms with Crippen LogP contribution in [0.5, 0.6) is 11.5 Å². The molecule has 0 radical (unpaired) electrons. The number of ether oxygens (including phenoxy) is 2. The van der Waals surface area contributed by atoms with Crippen molar-refractivity contribution in [3.8, 4) is 22.6 Å². The van der Waals surface area contributed by atoms with Crippen LogP contribution in [0.25, 0.3) is 11.1 Å². The highest BCUT2D eigenvalue weighted by atomic mass is 16.5. The minimum Gasteiger partial charge on any atom is -0.496 e. The van der Waals surface area contributed by atoms with Gasteiger partial charge in [0.15, 0.2) is 11.6 Å². The molecule has 2 aromatic heterocycles. The average molecular weight is 456 g/mol. The van der Waals surface area contributed by atoms with Gasteiger partial charge >= 0.3 is 0 Å². The van der Waals surface area contributed by atoms with Gasteiger partial charge in [-0.05, 0) is 48.7 Å². The normalized spacial score (nSPS) is 14.8. The minimum atomic E-state index is 0. The molecule has 0 amide bonds. The number of aryl methyl sites for hydroxylation is 1. The van der Waals surface area contributed by atoms with Crippen LogP contribution in [0, 0.1) is 6.92 Å². The summed E-state index contributed by atoms with van der Waals surface area (Å²) in [4.78, 5) is 15.7. The van der Waals surface area contributed by atoms with Gasteiger partial charge in [-0.1, -0.05) is 30.3 Å². The highest BCUT2D eigenvalue weighted by Gasteiger charge is 2.27. The first kappa shape index (κ1) is 21.7. The van der Waals surface area contributed by atoms with Crippen LogP contribution in [-0.4, -0.2) is 41.8 Å². The number of pyridine rings is 1. The smallest absolute Gasteiger partial charge is 0.229 e. The lowest BCUT2D eigenvalue weighted by molar-refractivity contribution is 0.262. The van der Waals surface area contributed by atoms with Gasteiger partial charge < -0.3 is 19.7 Å². The number of likely N-dealkylation sites (N-methyl/N-ethyl adjacent to an activating group) is 1. The topological polar surface area (TPSA) is 72.4 Å². The molecule has 0 saturated carbocycles. The van der Waals surface area contributed by atoms with E-state index in [4.69, 9.17) is 14.5 Å². The van der Waals surface area contributed by atoms with Crippen LogP contribution in [0.2, 0.25) is 0 Å².